The maximum atomic E-state index is 14.0. The van der Waals surface area contributed by atoms with E-state index in [9.17, 15) is 9.59 Å². The van der Waals surface area contributed by atoms with E-state index in [-0.39, 0.29) is 11.1 Å². The molecule has 8 heteroatoms. The summed E-state index contributed by atoms with van der Waals surface area (Å²) in [5.74, 6) is 0.513. The number of H-pyrrole nitrogens is 2. The molecule has 200 valence electrons. The van der Waals surface area contributed by atoms with E-state index in [2.05, 4.69) is 10.2 Å². The molecule has 0 spiro atoms. The van der Waals surface area contributed by atoms with E-state index in [1.54, 1.807) is 0 Å². The smallest absolute Gasteiger partial charge is 0.275 e. The lowest BCUT2D eigenvalue weighted by Crippen LogP contribution is -2.25. The molecule has 8 nitrogen and oxygen atoms in total. The fourth-order valence-electron chi connectivity index (χ4n) is 5.04. The van der Waals surface area contributed by atoms with Crippen LogP contribution < -0.4 is 20.6 Å². The number of aromatic nitrogens is 4. The van der Waals surface area contributed by atoms with Gasteiger partial charge in [-0.3, -0.25) is 19.8 Å². The molecule has 0 radical (unpaired) electrons. The van der Waals surface area contributed by atoms with Crippen LogP contribution in [0.2, 0.25) is 0 Å². The van der Waals surface area contributed by atoms with Gasteiger partial charge in [-0.1, -0.05) is 42.5 Å². The van der Waals surface area contributed by atoms with Crippen molar-refractivity contribution < 1.29 is 9.47 Å². The van der Waals surface area contributed by atoms with Gasteiger partial charge >= 0.3 is 0 Å². The summed E-state index contributed by atoms with van der Waals surface area (Å²) in [6.45, 7) is 8.47. The minimum Gasteiger partial charge on any atom is -0.490 e. The third kappa shape index (κ3) is 4.81. The fourth-order valence-corrected chi connectivity index (χ4v) is 5.04. The zero-order chi connectivity index (χ0) is 27.5. The molecule has 0 unspecified atom stereocenters. The molecule has 5 rings (SSSR count). The summed E-state index contributed by atoms with van der Waals surface area (Å²) in [6.07, 6.45) is 0. The summed E-state index contributed by atoms with van der Waals surface area (Å²) in [5, 5.41) is 6.45. The molecular weight excluding hydrogens is 492 g/mol. The van der Waals surface area contributed by atoms with Crippen molar-refractivity contribution in [2.75, 3.05) is 13.2 Å². The number of hydrogen-bond donors (Lipinski definition) is 2. The zero-order valence-electron chi connectivity index (χ0n) is 22.5. The average Bonchev–Trinajstić information content (AvgIpc) is 3.41. The van der Waals surface area contributed by atoms with Crippen LogP contribution in [0.3, 0.4) is 0 Å². The molecule has 5 aromatic rings. The van der Waals surface area contributed by atoms with E-state index in [4.69, 9.17) is 9.47 Å². The lowest BCUT2D eigenvalue weighted by atomic mass is 9.85. The predicted octanol–water partition coefficient (Wildman–Crippen LogP) is 5.24. The zero-order valence-corrected chi connectivity index (χ0v) is 22.5. The minimum absolute atomic E-state index is 0.221. The van der Waals surface area contributed by atoms with E-state index in [1.807, 2.05) is 107 Å². The molecule has 2 heterocycles. The average molecular weight is 525 g/mol. The highest BCUT2D eigenvalue weighted by molar-refractivity contribution is 5.52. The van der Waals surface area contributed by atoms with Crippen molar-refractivity contribution >= 4 is 0 Å². The number of hydrogen-bond acceptors (Lipinski definition) is 4. The quantitative estimate of drug-likeness (QED) is 0.276. The molecule has 0 aliphatic heterocycles. The fraction of sp³-hybridized carbons (Fsp3) is 0.226. The number of aromatic amines is 2. The van der Waals surface area contributed by atoms with Gasteiger partial charge in [-0.05, 0) is 69.7 Å². The Morgan fingerprint density at radius 1 is 0.667 bits per heavy atom. The van der Waals surface area contributed by atoms with Crippen molar-refractivity contribution in [2.24, 2.45) is 0 Å². The van der Waals surface area contributed by atoms with Crippen molar-refractivity contribution in [1.29, 1.82) is 0 Å². The first-order valence-corrected chi connectivity index (χ1v) is 13.1. The van der Waals surface area contributed by atoms with Gasteiger partial charge in [-0.15, -0.1) is 0 Å². The molecule has 0 aliphatic rings. The van der Waals surface area contributed by atoms with Gasteiger partial charge in [0.25, 0.3) is 11.1 Å². The largest absolute Gasteiger partial charge is 0.490 e. The van der Waals surface area contributed by atoms with Crippen molar-refractivity contribution in [1.82, 2.24) is 19.6 Å². The van der Waals surface area contributed by atoms with Gasteiger partial charge in [0.1, 0.15) is 0 Å². The number of rotatable bonds is 9. The summed E-state index contributed by atoms with van der Waals surface area (Å²) in [6, 6.07) is 24.4. The maximum absolute atomic E-state index is 14.0. The van der Waals surface area contributed by atoms with Crippen LogP contribution in [-0.4, -0.2) is 32.8 Å². The molecule has 2 N–H and O–H groups in total. The first kappa shape index (κ1) is 25.9. The van der Waals surface area contributed by atoms with Crippen LogP contribution in [0.15, 0.2) is 88.5 Å². The van der Waals surface area contributed by atoms with Crippen LogP contribution in [0.1, 0.15) is 47.8 Å². The van der Waals surface area contributed by atoms with E-state index in [1.165, 1.54) is 9.36 Å². The van der Waals surface area contributed by atoms with Crippen molar-refractivity contribution in [3.63, 3.8) is 0 Å². The second kappa shape index (κ2) is 10.9. The topological polar surface area (TPSA) is 94.0 Å². The van der Waals surface area contributed by atoms with Crippen LogP contribution >= 0.6 is 0 Å². The van der Waals surface area contributed by atoms with Crippen LogP contribution in [0.25, 0.3) is 11.4 Å². The molecule has 0 amide bonds. The number of nitrogens with zero attached hydrogens (tertiary/aromatic N) is 2. The maximum Gasteiger partial charge on any atom is 0.275 e. The second-order valence-electron chi connectivity index (χ2n) is 9.26. The summed E-state index contributed by atoms with van der Waals surface area (Å²) in [4.78, 5) is 28.0. The SMILES string of the molecule is CCOc1ccc(C(c2c(C)[nH]n(-c3ccccc3)c2=O)c2c(C)[nH]n(-c3ccccc3)c2=O)cc1OCC. The lowest BCUT2D eigenvalue weighted by molar-refractivity contribution is 0.287. The monoisotopic (exact) mass is 524 g/mol. The Morgan fingerprint density at radius 2 is 1.13 bits per heavy atom. The van der Waals surface area contributed by atoms with Crippen molar-refractivity contribution in [2.45, 2.75) is 33.6 Å². The lowest BCUT2D eigenvalue weighted by Gasteiger charge is -2.19. The first-order chi connectivity index (χ1) is 18.9. The Hall–Kier alpha value is -4.72. The van der Waals surface area contributed by atoms with Gasteiger partial charge in [0.2, 0.25) is 0 Å². The summed E-state index contributed by atoms with van der Waals surface area (Å²) < 4.78 is 14.7. The first-order valence-electron chi connectivity index (χ1n) is 13.1. The number of para-hydroxylation sites is 2. The van der Waals surface area contributed by atoms with Crippen molar-refractivity contribution in [3.8, 4) is 22.9 Å². The highest BCUT2D eigenvalue weighted by Crippen LogP contribution is 2.37. The van der Waals surface area contributed by atoms with Crippen molar-refractivity contribution in [3.05, 3.63) is 128 Å². The van der Waals surface area contributed by atoms with E-state index < -0.39 is 5.92 Å². The second-order valence-corrected chi connectivity index (χ2v) is 9.26. The van der Waals surface area contributed by atoms with Gasteiger partial charge in [0, 0.05) is 17.3 Å². The number of benzene rings is 3. The van der Waals surface area contributed by atoms with Gasteiger partial charge < -0.3 is 9.47 Å². The van der Waals surface area contributed by atoms with E-state index in [0.29, 0.717) is 58.6 Å². The third-order valence-corrected chi connectivity index (χ3v) is 6.74. The molecule has 0 saturated heterocycles. The third-order valence-electron chi connectivity index (χ3n) is 6.74. The molecule has 2 aromatic heterocycles. The minimum atomic E-state index is -0.665. The van der Waals surface area contributed by atoms with Gasteiger partial charge in [0.15, 0.2) is 11.5 Å². The number of nitrogens with one attached hydrogen (secondary N) is 2. The highest BCUT2D eigenvalue weighted by atomic mass is 16.5. The molecular formula is C31H32N4O4. The molecule has 3 aromatic carbocycles. The number of ether oxygens (including phenoxy) is 2. The van der Waals surface area contributed by atoms with E-state index in [0.717, 1.165) is 5.56 Å². The molecule has 39 heavy (non-hydrogen) atoms. The molecule has 0 atom stereocenters. The van der Waals surface area contributed by atoms with Crippen LogP contribution in [-0.2, 0) is 0 Å². The molecule has 0 fully saturated rings. The Balaban J connectivity index is 1.78. The molecule has 0 saturated carbocycles. The number of aryl methyl sites for hydroxylation is 2. The van der Waals surface area contributed by atoms with Gasteiger partial charge in [-0.2, -0.15) is 0 Å². The van der Waals surface area contributed by atoms with E-state index >= 15 is 0 Å². The standard InChI is InChI=1S/C31H32N4O4/c1-5-38-25-18-17-22(19-26(25)39-6-2)29(27-20(3)32-34(30(27)36)23-13-9-7-10-14-23)28-21(4)33-35(31(28)37)24-15-11-8-12-16-24/h7-19,29,32-33H,5-6H2,1-4H3. The highest BCUT2D eigenvalue weighted by Gasteiger charge is 2.31. The van der Waals surface area contributed by atoms with Crippen LogP contribution in [0.5, 0.6) is 11.5 Å². The van der Waals surface area contributed by atoms with Gasteiger partial charge in [-0.25, -0.2) is 9.36 Å². The summed E-state index contributed by atoms with van der Waals surface area (Å²) in [7, 11) is 0. The van der Waals surface area contributed by atoms with Crippen LogP contribution in [0, 0.1) is 13.8 Å². The Kier molecular flexibility index (Phi) is 7.27. The molecule has 0 bridgehead atoms. The Labute approximate surface area is 226 Å². The summed E-state index contributed by atoms with van der Waals surface area (Å²) in [5.41, 5.74) is 4.06. The Morgan fingerprint density at radius 3 is 1.59 bits per heavy atom. The normalized spacial score (nSPS) is 11.2. The summed E-state index contributed by atoms with van der Waals surface area (Å²) >= 11 is 0. The molecule has 0 aliphatic carbocycles. The predicted molar refractivity (Wildman–Crippen MR) is 152 cm³/mol. The van der Waals surface area contributed by atoms with Gasteiger partial charge in [0.05, 0.1) is 35.7 Å². The Bertz CT molecular complexity index is 1600. The van der Waals surface area contributed by atoms with Crippen LogP contribution in [0.4, 0.5) is 0 Å².